The molecule has 114 valence electrons. The maximum atomic E-state index is 11.7. The molecular formula is C14H15N5O3. The third-order valence-electron chi connectivity index (χ3n) is 3.25. The smallest absolute Gasteiger partial charge is 0.280 e. The Morgan fingerprint density at radius 1 is 1.36 bits per heavy atom. The van der Waals surface area contributed by atoms with Crippen molar-refractivity contribution in [2.24, 2.45) is 0 Å². The lowest BCUT2D eigenvalue weighted by Crippen LogP contribution is -2.14. The third-order valence-corrected chi connectivity index (χ3v) is 3.25. The number of nitrogens with zero attached hydrogens (tertiary/aromatic N) is 3. The molecule has 2 heterocycles. The first kappa shape index (κ1) is 14.2. The molecule has 0 unspecified atom stereocenters. The van der Waals surface area contributed by atoms with Crippen LogP contribution < -0.4 is 11.3 Å². The van der Waals surface area contributed by atoms with Crippen LogP contribution in [0.2, 0.25) is 0 Å². The van der Waals surface area contributed by atoms with Gasteiger partial charge in [-0.3, -0.25) is 14.3 Å². The van der Waals surface area contributed by atoms with Crippen LogP contribution in [0.3, 0.4) is 0 Å². The average Bonchev–Trinajstić information content (AvgIpc) is 2.92. The fraction of sp³-hybridized carbons (Fsp3) is 0.214. The van der Waals surface area contributed by atoms with Crippen LogP contribution in [0.15, 0.2) is 41.5 Å². The van der Waals surface area contributed by atoms with Crippen molar-refractivity contribution in [3.63, 3.8) is 0 Å². The summed E-state index contributed by atoms with van der Waals surface area (Å²) in [5.41, 5.74) is 6.53. The van der Waals surface area contributed by atoms with E-state index in [1.165, 1.54) is 6.33 Å². The second-order valence-electron chi connectivity index (χ2n) is 4.72. The van der Waals surface area contributed by atoms with E-state index in [1.807, 2.05) is 30.3 Å². The first-order valence-corrected chi connectivity index (χ1v) is 6.67. The van der Waals surface area contributed by atoms with Gasteiger partial charge in [-0.1, -0.05) is 30.3 Å². The van der Waals surface area contributed by atoms with Gasteiger partial charge in [-0.2, -0.15) is 4.98 Å². The molecule has 2 aromatic heterocycles. The summed E-state index contributed by atoms with van der Waals surface area (Å²) < 4.78 is 7.25. The zero-order chi connectivity index (χ0) is 15.5. The summed E-state index contributed by atoms with van der Waals surface area (Å²) >= 11 is 0. The van der Waals surface area contributed by atoms with Crippen LogP contribution in [0.25, 0.3) is 11.2 Å². The van der Waals surface area contributed by atoms with Crippen LogP contribution in [0, 0.1) is 0 Å². The fourth-order valence-electron chi connectivity index (χ4n) is 2.16. The standard InChI is InChI=1S/C14H15N5O3/c15-14-17-12-11(13(21)18-14)16-7-19(12)8-22-10(6-20)9-4-2-1-3-5-9/h1-5,7,10,20H,6,8H2,(H3,15,17,18,21)/t10-/m0/s1. The van der Waals surface area contributed by atoms with Gasteiger partial charge >= 0.3 is 0 Å². The van der Waals surface area contributed by atoms with E-state index in [-0.39, 0.29) is 24.8 Å². The number of hydrogen-bond acceptors (Lipinski definition) is 6. The van der Waals surface area contributed by atoms with Gasteiger partial charge < -0.3 is 15.6 Å². The zero-order valence-corrected chi connectivity index (χ0v) is 11.6. The van der Waals surface area contributed by atoms with Crippen LogP contribution in [0.1, 0.15) is 11.7 Å². The van der Waals surface area contributed by atoms with Crippen molar-refractivity contribution in [1.82, 2.24) is 19.5 Å². The van der Waals surface area contributed by atoms with Crippen LogP contribution in [-0.4, -0.2) is 31.2 Å². The normalized spacial score (nSPS) is 12.6. The molecule has 3 rings (SSSR count). The van der Waals surface area contributed by atoms with E-state index >= 15 is 0 Å². The number of fused-ring (bicyclic) bond motifs is 1. The number of aromatic amines is 1. The van der Waals surface area contributed by atoms with Crippen LogP contribution in [-0.2, 0) is 11.5 Å². The number of nitrogens with one attached hydrogen (secondary N) is 1. The maximum absolute atomic E-state index is 11.7. The van der Waals surface area contributed by atoms with Gasteiger partial charge in [-0.15, -0.1) is 0 Å². The second kappa shape index (κ2) is 5.96. The van der Waals surface area contributed by atoms with E-state index in [0.717, 1.165) is 5.56 Å². The summed E-state index contributed by atoms with van der Waals surface area (Å²) in [5.74, 6) is 0.0148. The Morgan fingerprint density at radius 3 is 2.86 bits per heavy atom. The molecule has 0 radical (unpaired) electrons. The Labute approximate surface area is 125 Å². The molecule has 3 aromatic rings. The highest BCUT2D eigenvalue weighted by Crippen LogP contribution is 2.17. The van der Waals surface area contributed by atoms with Gasteiger partial charge in [0.05, 0.1) is 12.9 Å². The van der Waals surface area contributed by atoms with E-state index in [9.17, 15) is 9.90 Å². The quantitative estimate of drug-likeness (QED) is 0.628. The molecule has 8 heteroatoms. The molecule has 0 aliphatic heterocycles. The average molecular weight is 301 g/mol. The largest absolute Gasteiger partial charge is 0.393 e. The predicted molar refractivity (Wildman–Crippen MR) is 79.9 cm³/mol. The van der Waals surface area contributed by atoms with E-state index in [4.69, 9.17) is 10.5 Å². The van der Waals surface area contributed by atoms with Gasteiger partial charge in [-0.25, -0.2) is 4.98 Å². The number of hydrogen-bond donors (Lipinski definition) is 3. The molecule has 4 N–H and O–H groups in total. The Kier molecular flexibility index (Phi) is 3.86. The number of aliphatic hydroxyl groups is 1. The number of benzene rings is 1. The molecular weight excluding hydrogens is 286 g/mol. The minimum absolute atomic E-state index is 0.0148. The topological polar surface area (TPSA) is 119 Å². The van der Waals surface area contributed by atoms with Crippen molar-refractivity contribution in [2.45, 2.75) is 12.8 Å². The molecule has 0 aliphatic rings. The minimum Gasteiger partial charge on any atom is -0.393 e. The molecule has 0 amide bonds. The number of aliphatic hydroxyl groups excluding tert-OH is 1. The SMILES string of the molecule is Nc1nc2c(ncn2CO[C@@H](CO)c2ccccc2)c(=O)[nH]1. The second-order valence-corrected chi connectivity index (χ2v) is 4.72. The van der Waals surface area contributed by atoms with Gasteiger partial charge in [-0.05, 0) is 5.56 Å². The van der Waals surface area contributed by atoms with Gasteiger partial charge in [0.2, 0.25) is 5.95 Å². The molecule has 1 aromatic carbocycles. The minimum atomic E-state index is -0.474. The molecule has 8 nitrogen and oxygen atoms in total. The van der Waals surface area contributed by atoms with Gasteiger partial charge in [0.1, 0.15) is 12.8 Å². The Hall–Kier alpha value is -2.71. The molecule has 0 saturated heterocycles. The van der Waals surface area contributed by atoms with Crippen LogP contribution in [0.4, 0.5) is 5.95 Å². The summed E-state index contributed by atoms with van der Waals surface area (Å²) in [6.07, 6.45) is 0.976. The maximum Gasteiger partial charge on any atom is 0.280 e. The highest BCUT2D eigenvalue weighted by atomic mass is 16.5. The monoisotopic (exact) mass is 301 g/mol. The molecule has 0 saturated carbocycles. The summed E-state index contributed by atoms with van der Waals surface area (Å²) in [6, 6.07) is 9.37. The number of nitrogen functional groups attached to an aromatic ring is 1. The van der Waals surface area contributed by atoms with E-state index < -0.39 is 11.7 Å². The fourth-order valence-corrected chi connectivity index (χ4v) is 2.16. The number of nitrogens with two attached hydrogens (primary N) is 1. The van der Waals surface area contributed by atoms with E-state index in [1.54, 1.807) is 4.57 Å². The number of rotatable bonds is 5. The lowest BCUT2D eigenvalue weighted by atomic mass is 10.1. The van der Waals surface area contributed by atoms with Crippen molar-refractivity contribution in [2.75, 3.05) is 12.3 Å². The van der Waals surface area contributed by atoms with E-state index in [0.29, 0.717) is 5.65 Å². The Bertz CT molecular complexity index is 827. The third kappa shape index (κ3) is 2.69. The summed E-state index contributed by atoms with van der Waals surface area (Å²) in [5, 5.41) is 9.47. The highest BCUT2D eigenvalue weighted by Gasteiger charge is 2.13. The lowest BCUT2D eigenvalue weighted by Gasteiger charge is -2.16. The van der Waals surface area contributed by atoms with Gasteiger partial charge in [0, 0.05) is 0 Å². The summed E-state index contributed by atoms with van der Waals surface area (Å²) in [7, 11) is 0. The van der Waals surface area contributed by atoms with Crippen molar-refractivity contribution in [3.05, 3.63) is 52.6 Å². The molecule has 0 bridgehead atoms. The molecule has 0 aliphatic carbocycles. The summed E-state index contributed by atoms with van der Waals surface area (Å²) in [4.78, 5) is 22.1. The van der Waals surface area contributed by atoms with Gasteiger partial charge in [0.25, 0.3) is 5.56 Å². The van der Waals surface area contributed by atoms with Crippen molar-refractivity contribution in [3.8, 4) is 0 Å². The number of aromatic nitrogens is 4. The zero-order valence-electron chi connectivity index (χ0n) is 11.6. The predicted octanol–water partition coefficient (Wildman–Crippen LogP) is 0.410. The molecule has 0 fully saturated rings. The van der Waals surface area contributed by atoms with Crippen molar-refractivity contribution in [1.29, 1.82) is 0 Å². The lowest BCUT2D eigenvalue weighted by molar-refractivity contribution is -0.0241. The number of ether oxygens (including phenoxy) is 1. The van der Waals surface area contributed by atoms with Gasteiger partial charge in [0.15, 0.2) is 11.2 Å². The molecule has 0 spiro atoms. The Morgan fingerprint density at radius 2 is 2.14 bits per heavy atom. The van der Waals surface area contributed by atoms with Crippen LogP contribution in [0.5, 0.6) is 0 Å². The highest BCUT2D eigenvalue weighted by molar-refractivity contribution is 5.70. The van der Waals surface area contributed by atoms with E-state index in [2.05, 4.69) is 15.0 Å². The number of imidazole rings is 1. The molecule has 1 atom stereocenters. The number of H-pyrrole nitrogens is 1. The molecule has 22 heavy (non-hydrogen) atoms. The van der Waals surface area contributed by atoms with Crippen molar-refractivity contribution >= 4 is 17.1 Å². The summed E-state index contributed by atoms with van der Waals surface area (Å²) in [6.45, 7) is -0.0701. The first-order chi connectivity index (χ1) is 10.7. The first-order valence-electron chi connectivity index (χ1n) is 6.67. The van der Waals surface area contributed by atoms with Crippen LogP contribution >= 0.6 is 0 Å². The van der Waals surface area contributed by atoms with Crippen molar-refractivity contribution < 1.29 is 9.84 Å². The Balaban J connectivity index is 1.83. The number of anilines is 1.